The van der Waals surface area contributed by atoms with Gasteiger partial charge in [0.15, 0.2) is 5.82 Å². The van der Waals surface area contributed by atoms with Crippen LogP contribution >= 0.6 is 11.3 Å². The molecule has 0 amide bonds. The Morgan fingerprint density at radius 2 is 2.27 bits per heavy atom. The van der Waals surface area contributed by atoms with Gasteiger partial charge in [-0.3, -0.25) is 4.40 Å². The van der Waals surface area contributed by atoms with Crippen molar-refractivity contribution in [2.45, 2.75) is 0 Å². The summed E-state index contributed by atoms with van der Waals surface area (Å²) in [4.78, 5) is 5.56. The van der Waals surface area contributed by atoms with Gasteiger partial charge < -0.3 is 5.73 Å². The number of imidazole rings is 1. The van der Waals surface area contributed by atoms with Crippen molar-refractivity contribution >= 4 is 22.5 Å². The number of aromatic nitrogens is 2. The number of nitrogens with two attached hydrogens (primary N) is 1. The van der Waals surface area contributed by atoms with Gasteiger partial charge in [-0.05, 0) is 23.6 Å². The Bertz CT molecular complexity index is 595. The summed E-state index contributed by atoms with van der Waals surface area (Å²) in [5, 5.41) is 2.05. The fourth-order valence-electron chi connectivity index (χ4n) is 1.61. The fraction of sp³-hybridized carbons (Fsp3) is 0. The minimum atomic E-state index is 0.764. The van der Waals surface area contributed by atoms with E-state index in [9.17, 15) is 0 Å². The average molecular weight is 215 g/mol. The van der Waals surface area contributed by atoms with Gasteiger partial charge in [0.1, 0.15) is 0 Å². The van der Waals surface area contributed by atoms with E-state index in [-0.39, 0.29) is 0 Å². The van der Waals surface area contributed by atoms with E-state index in [2.05, 4.69) is 11.1 Å². The van der Waals surface area contributed by atoms with E-state index >= 15 is 0 Å². The van der Waals surface area contributed by atoms with Crippen molar-refractivity contribution in [1.82, 2.24) is 9.38 Å². The number of fused-ring (bicyclic) bond motifs is 1. The quantitative estimate of drug-likeness (QED) is 0.678. The highest BCUT2D eigenvalue weighted by Gasteiger charge is 2.06. The number of nitrogen functional groups attached to an aromatic ring is 1. The van der Waals surface area contributed by atoms with E-state index in [1.165, 1.54) is 4.88 Å². The first-order chi connectivity index (χ1) is 7.34. The highest BCUT2D eigenvalue weighted by atomic mass is 32.1. The van der Waals surface area contributed by atoms with Gasteiger partial charge in [-0.25, -0.2) is 4.98 Å². The van der Waals surface area contributed by atoms with Crippen molar-refractivity contribution in [2.24, 2.45) is 0 Å². The third-order valence-corrected chi connectivity index (χ3v) is 3.16. The van der Waals surface area contributed by atoms with Gasteiger partial charge in [-0.1, -0.05) is 6.07 Å². The molecule has 74 valence electrons. The van der Waals surface area contributed by atoms with Gasteiger partial charge in [-0.2, -0.15) is 0 Å². The first-order valence-electron chi connectivity index (χ1n) is 4.61. The molecule has 0 radical (unpaired) electrons. The first kappa shape index (κ1) is 8.49. The Labute approximate surface area is 90.8 Å². The highest BCUT2D eigenvalue weighted by Crippen LogP contribution is 2.24. The monoisotopic (exact) mass is 215 g/mol. The van der Waals surface area contributed by atoms with Crippen LogP contribution in [-0.2, 0) is 0 Å². The minimum absolute atomic E-state index is 0.764. The second-order valence-electron chi connectivity index (χ2n) is 3.31. The lowest BCUT2D eigenvalue weighted by Gasteiger charge is -1.99. The molecule has 3 aromatic heterocycles. The maximum absolute atomic E-state index is 5.71. The molecular weight excluding hydrogens is 206 g/mol. The fourth-order valence-corrected chi connectivity index (χ4v) is 2.32. The van der Waals surface area contributed by atoms with Gasteiger partial charge >= 0.3 is 0 Å². The van der Waals surface area contributed by atoms with Gasteiger partial charge in [0.25, 0.3) is 0 Å². The molecule has 3 rings (SSSR count). The van der Waals surface area contributed by atoms with Crippen molar-refractivity contribution < 1.29 is 0 Å². The largest absolute Gasteiger partial charge is 0.399 e. The van der Waals surface area contributed by atoms with Crippen LogP contribution in [-0.4, -0.2) is 9.38 Å². The van der Waals surface area contributed by atoms with Crippen molar-refractivity contribution in [3.63, 3.8) is 0 Å². The zero-order valence-corrected chi connectivity index (χ0v) is 8.74. The molecule has 3 nitrogen and oxygen atoms in total. The second kappa shape index (κ2) is 3.10. The molecule has 0 spiro atoms. The predicted molar refractivity (Wildman–Crippen MR) is 62.9 cm³/mol. The summed E-state index contributed by atoms with van der Waals surface area (Å²) in [5.41, 5.74) is 7.50. The summed E-state index contributed by atoms with van der Waals surface area (Å²) in [6.07, 6.45) is 3.79. The van der Waals surface area contributed by atoms with Crippen LogP contribution in [0.1, 0.15) is 0 Å². The maximum atomic E-state index is 5.71. The van der Waals surface area contributed by atoms with E-state index in [1.54, 1.807) is 11.3 Å². The molecule has 0 unspecified atom stereocenters. The van der Waals surface area contributed by atoms with Crippen molar-refractivity contribution in [3.8, 4) is 10.7 Å². The standard InChI is InChI=1S/C11H9N3S/c12-8-3-4-14-9(6-8)7-13-11(14)10-2-1-5-15-10/h1-7H,12H2. The molecule has 0 saturated carbocycles. The molecule has 0 saturated heterocycles. The zero-order valence-electron chi connectivity index (χ0n) is 7.92. The van der Waals surface area contributed by atoms with Crippen LogP contribution in [0.4, 0.5) is 5.69 Å². The molecule has 15 heavy (non-hydrogen) atoms. The average Bonchev–Trinajstić information content (AvgIpc) is 2.82. The summed E-state index contributed by atoms with van der Waals surface area (Å²) in [7, 11) is 0. The van der Waals surface area contributed by atoms with E-state index in [1.807, 2.05) is 40.4 Å². The van der Waals surface area contributed by atoms with Crippen LogP contribution < -0.4 is 5.73 Å². The van der Waals surface area contributed by atoms with Crippen LogP contribution in [0.15, 0.2) is 42.0 Å². The number of hydrogen-bond donors (Lipinski definition) is 1. The van der Waals surface area contributed by atoms with Crippen LogP contribution in [0, 0.1) is 0 Å². The van der Waals surface area contributed by atoms with Crippen molar-refractivity contribution in [1.29, 1.82) is 0 Å². The van der Waals surface area contributed by atoms with Crippen molar-refractivity contribution in [3.05, 3.63) is 42.0 Å². The third-order valence-electron chi connectivity index (χ3n) is 2.30. The number of hydrogen-bond acceptors (Lipinski definition) is 3. The minimum Gasteiger partial charge on any atom is -0.399 e. The van der Waals surface area contributed by atoms with Gasteiger partial charge in [0, 0.05) is 11.9 Å². The van der Waals surface area contributed by atoms with Gasteiger partial charge in [0.2, 0.25) is 0 Å². The lowest BCUT2D eigenvalue weighted by Crippen LogP contribution is -1.90. The Morgan fingerprint density at radius 3 is 3.07 bits per heavy atom. The number of anilines is 1. The lowest BCUT2D eigenvalue weighted by molar-refractivity contribution is 1.17. The molecular formula is C11H9N3S. The smallest absolute Gasteiger partial charge is 0.154 e. The predicted octanol–water partition coefficient (Wildman–Crippen LogP) is 2.65. The van der Waals surface area contributed by atoms with E-state index in [0.29, 0.717) is 0 Å². The molecule has 0 aromatic carbocycles. The van der Waals surface area contributed by atoms with Crippen LogP contribution in [0.3, 0.4) is 0 Å². The molecule has 0 fully saturated rings. The highest BCUT2D eigenvalue weighted by molar-refractivity contribution is 7.13. The molecule has 0 aliphatic carbocycles. The lowest BCUT2D eigenvalue weighted by atomic mass is 10.3. The van der Waals surface area contributed by atoms with Crippen LogP contribution in [0.2, 0.25) is 0 Å². The van der Waals surface area contributed by atoms with Gasteiger partial charge in [0.05, 0.1) is 16.6 Å². The summed E-state index contributed by atoms with van der Waals surface area (Å²) in [5.74, 6) is 0.972. The summed E-state index contributed by atoms with van der Waals surface area (Å²) >= 11 is 1.69. The van der Waals surface area contributed by atoms with E-state index < -0.39 is 0 Å². The molecule has 3 aromatic rings. The number of rotatable bonds is 1. The Hall–Kier alpha value is -1.81. The third kappa shape index (κ3) is 1.30. The summed E-state index contributed by atoms with van der Waals surface area (Å²) < 4.78 is 2.04. The van der Waals surface area contributed by atoms with Crippen LogP contribution in [0.5, 0.6) is 0 Å². The number of pyridine rings is 1. The molecule has 4 heteroatoms. The molecule has 0 atom stereocenters. The Morgan fingerprint density at radius 1 is 1.33 bits per heavy atom. The van der Waals surface area contributed by atoms with E-state index in [0.717, 1.165) is 17.0 Å². The van der Waals surface area contributed by atoms with E-state index in [4.69, 9.17) is 5.73 Å². The summed E-state index contributed by atoms with van der Waals surface area (Å²) in [6, 6.07) is 7.89. The molecule has 3 heterocycles. The Balaban J connectivity index is 2.29. The Kier molecular flexibility index (Phi) is 1.76. The first-order valence-corrected chi connectivity index (χ1v) is 5.49. The molecule has 0 aliphatic heterocycles. The number of thiophene rings is 1. The number of nitrogens with zero attached hydrogens (tertiary/aromatic N) is 2. The van der Waals surface area contributed by atoms with Crippen molar-refractivity contribution in [2.75, 3.05) is 5.73 Å². The SMILES string of the molecule is Nc1ccn2c(-c3cccs3)ncc2c1. The summed E-state index contributed by atoms with van der Waals surface area (Å²) in [6.45, 7) is 0. The second-order valence-corrected chi connectivity index (χ2v) is 4.26. The molecule has 0 bridgehead atoms. The van der Waals surface area contributed by atoms with Gasteiger partial charge in [-0.15, -0.1) is 11.3 Å². The normalized spacial score (nSPS) is 10.9. The zero-order chi connectivity index (χ0) is 10.3. The molecule has 2 N–H and O–H groups in total. The topological polar surface area (TPSA) is 43.3 Å². The molecule has 0 aliphatic rings. The maximum Gasteiger partial charge on any atom is 0.154 e. The van der Waals surface area contributed by atoms with Crippen LogP contribution in [0.25, 0.3) is 16.2 Å².